The predicted octanol–water partition coefficient (Wildman–Crippen LogP) is 0.958. The highest BCUT2D eigenvalue weighted by Gasteiger charge is 2.31. The van der Waals surface area contributed by atoms with Gasteiger partial charge in [-0.2, -0.15) is 4.31 Å². The molecule has 172 valence electrons. The number of nitrogens with one attached hydrogen (secondary N) is 1. The van der Waals surface area contributed by atoms with E-state index in [0.717, 1.165) is 12.1 Å². The van der Waals surface area contributed by atoms with E-state index >= 15 is 0 Å². The van der Waals surface area contributed by atoms with E-state index in [1.54, 1.807) is 13.0 Å². The highest BCUT2D eigenvalue weighted by Crippen LogP contribution is 2.22. The number of sulfonamides is 2. The van der Waals surface area contributed by atoms with Gasteiger partial charge in [0.25, 0.3) is 11.6 Å². The molecule has 2 aromatic rings. The third-order valence-electron chi connectivity index (χ3n) is 5.23. The van der Waals surface area contributed by atoms with Gasteiger partial charge in [-0.15, -0.1) is 0 Å². The average Bonchev–Trinajstić information content (AvgIpc) is 2.79. The van der Waals surface area contributed by atoms with Crippen molar-refractivity contribution in [3.05, 3.63) is 63.7 Å². The summed E-state index contributed by atoms with van der Waals surface area (Å²) in [7, 11) is -6.31. The molecule has 0 bridgehead atoms. The molecule has 2 aromatic carbocycles. The first-order chi connectivity index (χ1) is 15.0. The van der Waals surface area contributed by atoms with Crippen molar-refractivity contribution < 1.29 is 26.6 Å². The van der Waals surface area contributed by atoms with Crippen LogP contribution in [0.4, 0.5) is 5.69 Å². The molecule has 1 fully saturated rings. The zero-order chi connectivity index (χ0) is 23.7. The Kier molecular flexibility index (Phi) is 6.64. The largest absolute Gasteiger partial charge is 0.336 e. The van der Waals surface area contributed by atoms with Crippen molar-refractivity contribution in [2.45, 2.75) is 16.7 Å². The number of benzene rings is 2. The van der Waals surface area contributed by atoms with E-state index in [-0.39, 0.29) is 53.1 Å². The lowest BCUT2D eigenvalue weighted by Gasteiger charge is -2.34. The fraction of sp³-hybridized carbons (Fsp3) is 0.316. The number of nitro benzene ring substituents is 1. The average molecular weight is 483 g/mol. The third kappa shape index (κ3) is 4.65. The summed E-state index contributed by atoms with van der Waals surface area (Å²) in [5, 5.41) is 10.8. The van der Waals surface area contributed by atoms with Crippen LogP contribution < -0.4 is 4.72 Å². The van der Waals surface area contributed by atoms with Crippen molar-refractivity contribution in [1.82, 2.24) is 13.9 Å². The molecule has 1 saturated heterocycles. The molecule has 1 heterocycles. The summed E-state index contributed by atoms with van der Waals surface area (Å²) in [4.78, 5) is 24.5. The second-order valence-electron chi connectivity index (χ2n) is 7.13. The molecule has 0 aromatic heterocycles. The quantitative estimate of drug-likeness (QED) is 0.476. The van der Waals surface area contributed by atoms with Crippen LogP contribution in [0.15, 0.2) is 52.3 Å². The molecule has 0 unspecified atom stereocenters. The van der Waals surface area contributed by atoms with Gasteiger partial charge < -0.3 is 4.90 Å². The van der Waals surface area contributed by atoms with Crippen LogP contribution in [0.5, 0.6) is 0 Å². The van der Waals surface area contributed by atoms with Crippen LogP contribution in [0.25, 0.3) is 0 Å². The number of aryl methyl sites for hydroxylation is 1. The Morgan fingerprint density at radius 3 is 2.06 bits per heavy atom. The number of carbonyl (C=O) groups excluding carboxylic acids is 1. The Morgan fingerprint density at radius 1 is 0.969 bits per heavy atom. The van der Waals surface area contributed by atoms with Gasteiger partial charge in [-0.05, 0) is 43.8 Å². The van der Waals surface area contributed by atoms with Crippen molar-refractivity contribution >= 4 is 31.6 Å². The van der Waals surface area contributed by atoms with Gasteiger partial charge in [0.2, 0.25) is 20.0 Å². The third-order valence-corrected chi connectivity index (χ3v) is 8.55. The first kappa shape index (κ1) is 23.8. The van der Waals surface area contributed by atoms with E-state index in [2.05, 4.69) is 4.72 Å². The SMILES string of the molecule is CNS(=O)(=O)c1ccc(C)c(C(=O)N2CCN(S(=O)(=O)c3ccc([N+](=O)[O-])cc3)CC2)c1. The summed E-state index contributed by atoms with van der Waals surface area (Å²) < 4.78 is 53.2. The zero-order valence-electron chi connectivity index (χ0n) is 17.4. The Bertz CT molecular complexity index is 1250. The van der Waals surface area contributed by atoms with Crippen molar-refractivity contribution in [3.8, 4) is 0 Å². The molecule has 0 spiro atoms. The molecule has 0 atom stereocenters. The molecule has 1 amide bonds. The van der Waals surface area contributed by atoms with Gasteiger partial charge in [0.1, 0.15) is 0 Å². The fourth-order valence-electron chi connectivity index (χ4n) is 3.31. The molecule has 1 N–H and O–H groups in total. The Morgan fingerprint density at radius 2 is 1.53 bits per heavy atom. The summed E-state index contributed by atoms with van der Waals surface area (Å²) >= 11 is 0. The van der Waals surface area contributed by atoms with Gasteiger partial charge >= 0.3 is 0 Å². The first-order valence-corrected chi connectivity index (χ1v) is 12.5. The molecular formula is C19H22N4O7S2. The number of hydrogen-bond acceptors (Lipinski definition) is 7. The van der Waals surface area contributed by atoms with Crippen LogP contribution in [-0.2, 0) is 20.0 Å². The van der Waals surface area contributed by atoms with E-state index in [4.69, 9.17) is 0 Å². The normalized spacial score (nSPS) is 15.5. The molecule has 1 aliphatic rings. The highest BCUT2D eigenvalue weighted by atomic mass is 32.2. The Balaban J connectivity index is 1.75. The Labute approximate surface area is 185 Å². The molecule has 3 rings (SSSR count). The second kappa shape index (κ2) is 8.94. The van der Waals surface area contributed by atoms with Gasteiger partial charge in [0.05, 0.1) is 14.7 Å². The van der Waals surface area contributed by atoms with Gasteiger partial charge in [-0.25, -0.2) is 21.6 Å². The monoisotopic (exact) mass is 482 g/mol. The number of nitro groups is 1. The van der Waals surface area contributed by atoms with E-state index in [9.17, 15) is 31.7 Å². The van der Waals surface area contributed by atoms with Gasteiger partial charge in [0.15, 0.2) is 0 Å². The van der Waals surface area contributed by atoms with Gasteiger partial charge in [-0.3, -0.25) is 14.9 Å². The summed E-state index contributed by atoms with van der Waals surface area (Å²) in [6, 6.07) is 8.89. The number of hydrogen-bond donors (Lipinski definition) is 1. The maximum Gasteiger partial charge on any atom is 0.269 e. The minimum absolute atomic E-state index is 0.0339. The van der Waals surface area contributed by atoms with Crippen LogP contribution in [-0.4, -0.2) is 70.1 Å². The summed E-state index contributed by atoms with van der Waals surface area (Å²) in [6.07, 6.45) is 0. The van der Waals surface area contributed by atoms with E-state index in [1.807, 2.05) is 0 Å². The number of rotatable bonds is 6. The standard InChI is InChI=1S/C19H22N4O7S2/c1-14-3-6-17(31(27,28)20-2)13-18(14)19(24)21-9-11-22(12-10-21)32(29,30)16-7-4-15(5-8-16)23(25)26/h3-8,13,20H,9-12H2,1-2H3. The van der Waals surface area contributed by atoms with Crippen molar-refractivity contribution in [2.75, 3.05) is 33.2 Å². The predicted molar refractivity (Wildman–Crippen MR) is 115 cm³/mol. The molecule has 13 heteroatoms. The van der Waals surface area contributed by atoms with Crippen molar-refractivity contribution in [2.24, 2.45) is 0 Å². The lowest BCUT2D eigenvalue weighted by atomic mass is 10.1. The minimum Gasteiger partial charge on any atom is -0.336 e. The smallest absolute Gasteiger partial charge is 0.269 e. The molecule has 0 radical (unpaired) electrons. The molecule has 11 nitrogen and oxygen atoms in total. The lowest BCUT2D eigenvalue weighted by molar-refractivity contribution is -0.384. The Hall–Kier alpha value is -2.87. The number of non-ortho nitro benzene ring substituents is 1. The molecule has 1 aliphatic heterocycles. The maximum atomic E-state index is 13.0. The molecule has 32 heavy (non-hydrogen) atoms. The number of carbonyl (C=O) groups is 1. The zero-order valence-corrected chi connectivity index (χ0v) is 19.0. The molecule has 0 saturated carbocycles. The minimum atomic E-state index is -3.87. The van der Waals surface area contributed by atoms with Gasteiger partial charge in [0, 0.05) is 43.9 Å². The topological polar surface area (TPSA) is 147 Å². The van der Waals surface area contributed by atoms with Crippen LogP contribution in [0.3, 0.4) is 0 Å². The lowest BCUT2D eigenvalue weighted by Crippen LogP contribution is -2.50. The van der Waals surface area contributed by atoms with E-state index < -0.39 is 25.0 Å². The summed E-state index contributed by atoms with van der Waals surface area (Å²) in [5.74, 6) is -0.386. The maximum absolute atomic E-state index is 13.0. The highest BCUT2D eigenvalue weighted by molar-refractivity contribution is 7.89. The van der Waals surface area contributed by atoms with Crippen molar-refractivity contribution in [1.29, 1.82) is 0 Å². The molecule has 0 aliphatic carbocycles. The fourth-order valence-corrected chi connectivity index (χ4v) is 5.49. The van der Waals surface area contributed by atoms with Crippen molar-refractivity contribution in [3.63, 3.8) is 0 Å². The number of piperazine rings is 1. The van der Waals surface area contributed by atoms with Crippen LogP contribution in [0, 0.1) is 17.0 Å². The summed E-state index contributed by atoms with van der Waals surface area (Å²) in [5.41, 5.74) is 0.622. The molecular weight excluding hydrogens is 460 g/mol. The van der Waals surface area contributed by atoms with Crippen LogP contribution >= 0.6 is 0 Å². The number of amides is 1. The van der Waals surface area contributed by atoms with E-state index in [1.165, 1.54) is 40.5 Å². The first-order valence-electron chi connectivity index (χ1n) is 9.55. The number of nitrogens with zero attached hydrogens (tertiary/aromatic N) is 3. The van der Waals surface area contributed by atoms with E-state index in [0.29, 0.717) is 5.56 Å². The summed E-state index contributed by atoms with van der Waals surface area (Å²) in [6.45, 7) is 2.01. The second-order valence-corrected chi connectivity index (χ2v) is 11.0. The van der Waals surface area contributed by atoms with Gasteiger partial charge in [-0.1, -0.05) is 6.07 Å². The van der Waals surface area contributed by atoms with Crippen LogP contribution in [0.2, 0.25) is 0 Å². The van der Waals surface area contributed by atoms with Crippen LogP contribution in [0.1, 0.15) is 15.9 Å².